The monoisotopic (exact) mass is 203 g/mol. The normalized spacial score (nSPS) is 11.1. The van der Waals surface area contributed by atoms with Crippen LogP contribution in [0.3, 0.4) is 0 Å². The summed E-state index contributed by atoms with van der Waals surface area (Å²) in [5, 5.41) is 10.9. The highest BCUT2D eigenvalue weighted by Crippen LogP contribution is 2.11. The number of aliphatic carboxylic acids is 1. The standard InChI is InChI=1S/C9H17NO4/c1-9(2,3)8(13)10-4-5-14-6-7(11)12/h4-6H2,1-3H3,(H,10,13)(H,11,12). The Hall–Kier alpha value is -1.10. The summed E-state index contributed by atoms with van der Waals surface area (Å²) in [5.41, 5.74) is -0.424. The first-order valence-electron chi connectivity index (χ1n) is 4.42. The number of hydrogen-bond acceptors (Lipinski definition) is 3. The van der Waals surface area contributed by atoms with Crippen LogP contribution >= 0.6 is 0 Å². The molecule has 0 aliphatic carbocycles. The first-order chi connectivity index (χ1) is 6.34. The first-order valence-corrected chi connectivity index (χ1v) is 4.42. The zero-order chi connectivity index (χ0) is 11.2. The van der Waals surface area contributed by atoms with E-state index >= 15 is 0 Å². The molecule has 0 saturated carbocycles. The van der Waals surface area contributed by atoms with E-state index in [4.69, 9.17) is 9.84 Å². The molecule has 0 saturated heterocycles. The van der Waals surface area contributed by atoms with Crippen molar-refractivity contribution in [1.82, 2.24) is 5.32 Å². The third kappa shape index (κ3) is 6.42. The average molecular weight is 203 g/mol. The maximum absolute atomic E-state index is 11.3. The van der Waals surface area contributed by atoms with Gasteiger partial charge in [-0.25, -0.2) is 4.79 Å². The fourth-order valence-electron chi connectivity index (χ4n) is 0.661. The minimum Gasteiger partial charge on any atom is -0.480 e. The van der Waals surface area contributed by atoms with Crippen molar-refractivity contribution in [2.24, 2.45) is 5.41 Å². The van der Waals surface area contributed by atoms with Gasteiger partial charge in [0.25, 0.3) is 0 Å². The summed E-state index contributed by atoms with van der Waals surface area (Å²) < 4.78 is 4.74. The van der Waals surface area contributed by atoms with Crippen molar-refractivity contribution >= 4 is 11.9 Å². The van der Waals surface area contributed by atoms with E-state index in [-0.39, 0.29) is 19.1 Å². The van der Waals surface area contributed by atoms with E-state index in [1.54, 1.807) is 20.8 Å². The maximum Gasteiger partial charge on any atom is 0.329 e. The summed E-state index contributed by atoms with van der Waals surface area (Å²) in [5.74, 6) is -1.08. The zero-order valence-electron chi connectivity index (χ0n) is 8.79. The predicted molar refractivity (Wildman–Crippen MR) is 50.9 cm³/mol. The van der Waals surface area contributed by atoms with E-state index in [0.717, 1.165) is 0 Å². The van der Waals surface area contributed by atoms with Crippen molar-refractivity contribution in [3.8, 4) is 0 Å². The number of hydrogen-bond donors (Lipinski definition) is 2. The second kappa shape index (κ2) is 5.59. The van der Waals surface area contributed by atoms with Gasteiger partial charge in [-0.05, 0) is 0 Å². The fraction of sp³-hybridized carbons (Fsp3) is 0.778. The Morgan fingerprint density at radius 3 is 2.36 bits per heavy atom. The van der Waals surface area contributed by atoms with Gasteiger partial charge in [0.1, 0.15) is 6.61 Å². The minimum atomic E-state index is -1.01. The van der Waals surface area contributed by atoms with Crippen LogP contribution < -0.4 is 5.32 Å². The molecule has 0 heterocycles. The summed E-state index contributed by atoms with van der Waals surface area (Å²) in [7, 11) is 0. The highest BCUT2D eigenvalue weighted by molar-refractivity contribution is 5.81. The second-order valence-corrected chi connectivity index (χ2v) is 3.95. The van der Waals surface area contributed by atoms with E-state index in [9.17, 15) is 9.59 Å². The number of nitrogens with one attached hydrogen (secondary N) is 1. The molecule has 0 aromatic heterocycles. The minimum absolute atomic E-state index is 0.0728. The molecule has 5 nitrogen and oxygen atoms in total. The molecule has 0 radical (unpaired) electrons. The number of carboxylic acids is 1. The molecule has 0 spiro atoms. The lowest BCUT2D eigenvalue weighted by Gasteiger charge is -2.17. The average Bonchev–Trinajstić information content (AvgIpc) is 2.01. The van der Waals surface area contributed by atoms with Crippen LogP contribution in [0.15, 0.2) is 0 Å². The largest absolute Gasteiger partial charge is 0.480 e. The van der Waals surface area contributed by atoms with Crippen LogP contribution in [0.25, 0.3) is 0 Å². The van der Waals surface area contributed by atoms with Crippen LogP contribution in [0.5, 0.6) is 0 Å². The molecule has 0 unspecified atom stereocenters. The van der Waals surface area contributed by atoms with Crippen molar-refractivity contribution in [2.45, 2.75) is 20.8 Å². The number of carbonyl (C=O) groups excluding carboxylic acids is 1. The van der Waals surface area contributed by atoms with E-state index in [0.29, 0.717) is 6.54 Å². The number of rotatable bonds is 5. The van der Waals surface area contributed by atoms with Gasteiger partial charge in [-0.1, -0.05) is 20.8 Å². The number of carbonyl (C=O) groups is 2. The topological polar surface area (TPSA) is 75.6 Å². The van der Waals surface area contributed by atoms with Crippen LogP contribution in [0.4, 0.5) is 0 Å². The summed E-state index contributed by atoms with van der Waals surface area (Å²) in [6.45, 7) is 5.64. The fourth-order valence-corrected chi connectivity index (χ4v) is 0.661. The van der Waals surface area contributed by atoms with E-state index < -0.39 is 11.4 Å². The Labute approximate surface area is 83.4 Å². The zero-order valence-corrected chi connectivity index (χ0v) is 8.79. The van der Waals surface area contributed by atoms with Crippen LogP contribution in [-0.2, 0) is 14.3 Å². The molecule has 0 aromatic rings. The van der Waals surface area contributed by atoms with Crippen molar-refractivity contribution in [1.29, 1.82) is 0 Å². The molecule has 14 heavy (non-hydrogen) atoms. The Kier molecular flexibility index (Phi) is 5.15. The Morgan fingerprint density at radius 2 is 1.93 bits per heavy atom. The van der Waals surface area contributed by atoms with E-state index in [2.05, 4.69) is 5.32 Å². The highest BCUT2D eigenvalue weighted by Gasteiger charge is 2.20. The number of ether oxygens (including phenoxy) is 1. The lowest BCUT2D eigenvalue weighted by atomic mass is 9.96. The van der Waals surface area contributed by atoms with Crippen molar-refractivity contribution in [3.05, 3.63) is 0 Å². The van der Waals surface area contributed by atoms with E-state index in [1.807, 2.05) is 0 Å². The van der Waals surface area contributed by atoms with Gasteiger partial charge in [0.15, 0.2) is 0 Å². The SMILES string of the molecule is CC(C)(C)C(=O)NCCOCC(=O)O. The Morgan fingerprint density at radius 1 is 1.36 bits per heavy atom. The summed E-state index contributed by atoms with van der Waals surface area (Å²) in [6, 6.07) is 0. The summed E-state index contributed by atoms with van der Waals surface area (Å²) in [4.78, 5) is 21.3. The predicted octanol–water partition coefficient (Wildman–Crippen LogP) is 0.250. The van der Waals surface area contributed by atoms with Crippen LogP contribution in [0.1, 0.15) is 20.8 Å². The van der Waals surface area contributed by atoms with Crippen LogP contribution in [-0.4, -0.2) is 36.7 Å². The Bertz CT molecular complexity index is 207. The molecule has 82 valence electrons. The molecular formula is C9H17NO4. The van der Waals surface area contributed by atoms with Gasteiger partial charge in [-0.2, -0.15) is 0 Å². The third-order valence-electron chi connectivity index (χ3n) is 1.44. The van der Waals surface area contributed by atoms with Crippen molar-refractivity contribution in [2.75, 3.05) is 19.8 Å². The van der Waals surface area contributed by atoms with Crippen molar-refractivity contribution < 1.29 is 19.4 Å². The number of amides is 1. The smallest absolute Gasteiger partial charge is 0.329 e. The Balaban J connectivity index is 3.46. The lowest BCUT2D eigenvalue weighted by molar-refractivity contribution is -0.142. The van der Waals surface area contributed by atoms with Crippen LogP contribution in [0, 0.1) is 5.41 Å². The van der Waals surface area contributed by atoms with Gasteiger partial charge in [0.2, 0.25) is 5.91 Å². The molecule has 0 bridgehead atoms. The molecular weight excluding hydrogens is 186 g/mol. The summed E-state index contributed by atoms with van der Waals surface area (Å²) >= 11 is 0. The maximum atomic E-state index is 11.3. The molecule has 0 fully saturated rings. The first kappa shape index (κ1) is 12.9. The van der Waals surface area contributed by atoms with Gasteiger partial charge in [-0.15, -0.1) is 0 Å². The second-order valence-electron chi connectivity index (χ2n) is 3.95. The van der Waals surface area contributed by atoms with Gasteiger partial charge >= 0.3 is 5.97 Å². The van der Waals surface area contributed by atoms with Gasteiger partial charge in [0.05, 0.1) is 6.61 Å². The molecule has 2 N–H and O–H groups in total. The highest BCUT2D eigenvalue weighted by atomic mass is 16.5. The third-order valence-corrected chi connectivity index (χ3v) is 1.44. The molecule has 0 rings (SSSR count). The molecule has 0 atom stereocenters. The summed E-state index contributed by atoms with van der Waals surface area (Å²) in [6.07, 6.45) is 0. The number of carboxylic acid groups (broad SMARTS) is 1. The van der Waals surface area contributed by atoms with Gasteiger partial charge < -0.3 is 15.2 Å². The molecule has 1 amide bonds. The quantitative estimate of drug-likeness (QED) is 0.628. The van der Waals surface area contributed by atoms with Crippen LogP contribution in [0.2, 0.25) is 0 Å². The van der Waals surface area contributed by atoms with E-state index in [1.165, 1.54) is 0 Å². The molecule has 0 aromatic carbocycles. The van der Waals surface area contributed by atoms with Crippen molar-refractivity contribution in [3.63, 3.8) is 0 Å². The lowest BCUT2D eigenvalue weighted by Crippen LogP contribution is -2.36. The molecule has 0 aliphatic heterocycles. The molecule has 5 heteroatoms. The molecule has 0 aliphatic rings. The van der Waals surface area contributed by atoms with Gasteiger partial charge in [0, 0.05) is 12.0 Å². The van der Waals surface area contributed by atoms with Gasteiger partial charge in [-0.3, -0.25) is 4.79 Å².